The highest BCUT2D eigenvalue weighted by Gasteiger charge is 2.35. The van der Waals surface area contributed by atoms with Crippen molar-refractivity contribution in [3.05, 3.63) is 54.1 Å². The number of alkyl halides is 1. The van der Waals surface area contributed by atoms with Crippen LogP contribution in [0.15, 0.2) is 48.6 Å². The third-order valence-corrected chi connectivity index (χ3v) is 5.95. The topological polar surface area (TPSA) is 81.7 Å². The Hall–Kier alpha value is -1.99. The van der Waals surface area contributed by atoms with E-state index in [0.717, 1.165) is 25.9 Å². The number of aliphatic hydroxyl groups is 1. The minimum Gasteiger partial charge on any atom is -0.394 e. The summed E-state index contributed by atoms with van der Waals surface area (Å²) in [6.07, 6.45) is 9.41. The molecule has 7 heteroatoms. The number of benzene rings is 1. The number of Topliss-reactive ketones (excluding diaryl/α,β-unsaturated/α-hetero) is 1. The molecule has 156 valence electrons. The summed E-state index contributed by atoms with van der Waals surface area (Å²) >= 11 is 6.51. The van der Waals surface area contributed by atoms with Crippen molar-refractivity contribution in [2.24, 2.45) is 0 Å². The number of aliphatic hydroxyl groups excluding tert-OH is 1. The molecular weight excluding hydrogens is 390 g/mol. The molecule has 2 aliphatic rings. The molecule has 0 bridgehead atoms. The molecule has 1 amide bonds. The fourth-order valence-electron chi connectivity index (χ4n) is 3.73. The molecule has 2 unspecified atom stereocenters. The van der Waals surface area contributed by atoms with Crippen LogP contribution in [0.4, 0.5) is 5.69 Å². The van der Waals surface area contributed by atoms with E-state index in [9.17, 15) is 14.7 Å². The van der Waals surface area contributed by atoms with Gasteiger partial charge in [0.2, 0.25) is 5.91 Å². The molecule has 3 rings (SSSR count). The predicted molar refractivity (Wildman–Crippen MR) is 115 cm³/mol. The Morgan fingerprint density at radius 1 is 1.28 bits per heavy atom. The van der Waals surface area contributed by atoms with Crippen molar-refractivity contribution in [2.75, 3.05) is 31.6 Å². The smallest absolute Gasteiger partial charge is 0.238 e. The van der Waals surface area contributed by atoms with Crippen LogP contribution < -0.4 is 10.6 Å². The first-order chi connectivity index (χ1) is 13.9. The molecule has 0 saturated carbocycles. The first-order valence-electron chi connectivity index (χ1n) is 9.95. The molecule has 0 radical (unpaired) electrons. The number of amides is 1. The number of carbonyl (C=O) groups excluding carboxylic acids is 2. The van der Waals surface area contributed by atoms with Gasteiger partial charge in [-0.1, -0.05) is 36.4 Å². The van der Waals surface area contributed by atoms with Crippen LogP contribution in [0.2, 0.25) is 0 Å². The number of nitrogens with zero attached hydrogens (tertiary/aromatic N) is 1. The van der Waals surface area contributed by atoms with Gasteiger partial charge in [0, 0.05) is 30.4 Å². The van der Waals surface area contributed by atoms with Gasteiger partial charge in [-0.25, -0.2) is 0 Å². The predicted octanol–water partition coefficient (Wildman–Crippen LogP) is 2.35. The summed E-state index contributed by atoms with van der Waals surface area (Å²) < 4.78 is 0. The number of halogens is 1. The average Bonchev–Trinajstić information content (AvgIpc) is 2.71. The van der Waals surface area contributed by atoms with E-state index in [1.54, 1.807) is 24.3 Å². The molecule has 0 aromatic heterocycles. The Balaban J connectivity index is 1.45. The second kappa shape index (κ2) is 9.67. The molecule has 1 saturated heterocycles. The molecule has 2 atom stereocenters. The van der Waals surface area contributed by atoms with Crippen molar-refractivity contribution in [3.63, 3.8) is 0 Å². The maximum atomic E-state index is 12.4. The number of likely N-dealkylation sites (tertiary alicyclic amines) is 1. The zero-order valence-corrected chi connectivity index (χ0v) is 17.4. The van der Waals surface area contributed by atoms with Gasteiger partial charge in [0.15, 0.2) is 5.78 Å². The number of nitrogens with one attached hydrogen (secondary N) is 2. The Bertz CT molecular complexity index is 802. The van der Waals surface area contributed by atoms with Gasteiger partial charge in [-0.05, 0) is 31.9 Å². The molecule has 6 nitrogen and oxygen atoms in total. The summed E-state index contributed by atoms with van der Waals surface area (Å²) in [6, 6.07) is 7.15. The van der Waals surface area contributed by atoms with Crippen LogP contribution in [0.5, 0.6) is 0 Å². The lowest BCUT2D eigenvalue weighted by atomic mass is 9.92. The lowest BCUT2D eigenvalue weighted by molar-refractivity contribution is -0.117. The third kappa shape index (κ3) is 5.76. The van der Waals surface area contributed by atoms with Gasteiger partial charge < -0.3 is 15.7 Å². The first kappa shape index (κ1) is 21.7. The van der Waals surface area contributed by atoms with E-state index in [0.29, 0.717) is 17.8 Å². The molecule has 1 heterocycles. The number of rotatable bonds is 7. The summed E-state index contributed by atoms with van der Waals surface area (Å²) in [5.74, 6) is -0.112. The van der Waals surface area contributed by atoms with E-state index >= 15 is 0 Å². The quantitative estimate of drug-likeness (QED) is 0.468. The first-order valence-corrected chi connectivity index (χ1v) is 10.3. The normalized spacial score (nSPS) is 25.1. The number of anilines is 1. The summed E-state index contributed by atoms with van der Waals surface area (Å²) in [4.78, 5) is 25.2. The van der Waals surface area contributed by atoms with Crippen molar-refractivity contribution >= 4 is 29.0 Å². The SMILES string of the molecule is CC(=O)c1cccc(NC(=O)CN2CCC(NC3C=CC=CC3(Cl)CO)CC2)c1. The van der Waals surface area contributed by atoms with Gasteiger partial charge in [0.1, 0.15) is 4.87 Å². The number of carbonyl (C=O) groups is 2. The number of allylic oxidation sites excluding steroid dienone is 2. The van der Waals surface area contributed by atoms with Crippen LogP contribution in [0.3, 0.4) is 0 Å². The van der Waals surface area contributed by atoms with Gasteiger partial charge in [-0.15, -0.1) is 11.6 Å². The summed E-state index contributed by atoms with van der Waals surface area (Å²) in [7, 11) is 0. The van der Waals surface area contributed by atoms with Crippen LogP contribution >= 0.6 is 11.6 Å². The minimum atomic E-state index is -0.805. The fourth-order valence-corrected chi connectivity index (χ4v) is 3.94. The van der Waals surface area contributed by atoms with Crippen LogP contribution in [-0.4, -0.2) is 64.9 Å². The molecule has 1 aliphatic carbocycles. The van der Waals surface area contributed by atoms with Gasteiger partial charge >= 0.3 is 0 Å². The maximum absolute atomic E-state index is 12.4. The van der Waals surface area contributed by atoms with Gasteiger partial charge in [0.25, 0.3) is 0 Å². The van der Waals surface area contributed by atoms with Crippen LogP contribution in [0.25, 0.3) is 0 Å². The zero-order valence-electron chi connectivity index (χ0n) is 16.6. The Morgan fingerprint density at radius 3 is 2.72 bits per heavy atom. The number of ketones is 1. The highest BCUT2D eigenvalue weighted by Crippen LogP contribution is 2.27. The lowest BCUT2D eigenvalue weighted by Crippen LogP contribution is -2.54. The second-order valence-electron chi connectivity index (χ2n) is 7.71. The molecule has 1 aromatic rings. The second-order valence-corrected chi connectivity index (χ2v) is 8.41. The van der Waals surface area contributed by atoms with E-state index < -0.39 is 4.87 Å². The monoisotopic (exact) mass is 417 g/mol. The van der Waals surface area contributed by atoms with Crippen LogP contribution in [0, 0.1) is 0 Å². The number of piperidine rings is 1. The third-order valence-electron chi connectivity index (χ3n) is 5.47. The lowest BCUT2D eigenvalue weighted by Gasteiger charge is -2.38. The summed E-state index contributed by atoms with van der Waals surface area (Å²) in [5.41, 5.74) is 1.22. The van der Waals surface area contributed by atoms with E-state index in [1.807, 2.05) is 24.3 Å². The fraction of sp³-hybridized carbons (Fsp3) is 0.455. The molecule has 1 aliphatic heterocycles. The molecule has 1 fully saturated rings. The van der Waals surface area contributed by atoms with Crippen LogP contribution in [-0.2, 0) is 4.79 Å². The van der Waals surface area contributed by atoms with Crippen molar-refractivity contribution in [2.45, 2.75) is 36.7 Å². The molecule has 1 aromatic carbocycles. The minimum absolute atomic E-state index is 0.0267. The molecule has 3 N–H and O–H groups in total. The largest absolute Gasteiger partial charge is 0.394 e. The molecule has 0 spiro atoms. The van der Waals surface area contributed by atoms with E-state index in [1.165, 1.54) is 6.92 Å². The zero-order chi connectivity index (χ0) is 20.9. The Morgan fingerprint density at radius 2 is 2.03 bits per heavy atom. The highest BCUT2D eigenvalue weighted by molar-refractivity contribution is 6.26. The van der Waals surface area contributed by atoms with Gasteiger partial charge in [-0.3, -0.25) is 14.5 Å². The molecule has 29 heavy (non-hydrogen) atoms. The standard InChI is InChI=1S/C22H28ClN3O3/c1-16(28)17-5-4-6-19(13-17)25-21(29)14-26-11-8-18(9-12-26)24-20-7-2-3-10-22(20,23)15-27/h2-7,10,13,18,20,24,27H,8-9,11-12,14-15H2,1H3,(H,25,29). The summed E-state index contributed by atoms with van der Waals surface area (Å²) in [6.45, 7) is 3.31. The Kier molecular flexibility index (Phi) is 7.24. The van der Waals surface area contributed by atoms with E-state index in [2.05, 4.69) is 15.5 Å². The van der Waals surface area contributed by atoms with Crippen molar-refractivity contribution in [1.82, 2.24) is 10.2 Å². The van der Waals surface area contributed by atoms with Crippen LogP contribution in [0.1, 0.15) is 30.1 Å². The van der Waals surface area contributed by atoms with E-state index in [4.69, 9.17) is 11.6 Å². The number of hydrogen-bond acceptors (Lipinski definition) is 5. The highest BCUT2D eigenvalue weighted by atomic mass is 35.5. The summed E-state index contributed by atoms with van der Waals surface area (Å²) in [5, 5.41) is 16.0. The molecular formula is C22H28ClN3O3. The van der Waals surface area contributed by atoms with Crippen molar-refractivity contribution < 1.29 is 14.7 Å². The average molecular weight is 418 g/mol. The van der Waals surface area contributed by atoms with E-state index in [-0.39, 0.29) is 30.4 Å². The van der Waals surface area contributed by atoms with Crippen molar-refractivity contribution in [1.29, 1.82) is 0 Å². The van der Waals surface area contributed by atoms with Gasteiger partial charge in [0.05, 0.1) is 19.2 Å². The Labute approximate surface area is 176 Å². The van der Waals surface area contributed by atoms with Crippen molar-refractivity contribution in [3.8, 4) is 0 Å². The number of hydrogen-bond donors (Lipinski definition) is 3. The maximum Gasteiger partial charge on any atom is 0.238 e. The van der Waals surface area contributed by atoms with Gasteiger partial charge in [-0.2, -0.15) is 0 Å².